The molecule has 1 amide bonds. The zero-order valence-corrected chi connectivity index (χ0v) is 15.9. The summed E-state index contributed by atoms with van der Waals surface area (Å²) in [5, 5.41) is 2.96. The number of aryl methyl sites for hydroxylation is 1. The fourth-order valence-electron chi connectivity index (χ4n) is 3.09. The number of amides is 1. The molecule has 4 heteroatoms. The van der Waals surface area contributed by atoms with E-state index in [1.165, 1.54) is 11.1 Å². The molecule has 3 aromatic rings. The van der Waals surface area contributed by atoms with Gasteiger partial charge in [0.2, 0.25) is 5.91 Å². The third kappa shape index (κ3) is 4.73. The van der Waals surface area contributed by atoms with Crippen LogP contribution >= 0.6 is 0 Å². The molecule has 27 heavy (non-hydrogen) atoms. The van der Waals surface area contributed by atoms with Crippen LogP contribution in [0, 0.1) is 6.92 Å². The van der Waals surface area contributed by atoms with Gasteiger partial charge in [0.05, 0.1) is 17.9 Å². The molecule has 0 saturated carbocycles. The fraction of sp³-hybridized carbons (Fsp3) is 0.217. The van der Waals surface area contributed by atoms with Crippen molar-refractivity contribution in [1.29, 1.82) is 0 Å². The highest BCUT2D eigenvalue weighted by atomic mass is 16.1. The van der Waals surface area contributed by atoms with E-state index in [2.05, 4.69) is 40.7 Å². The van der Waals surface area contributed by atoms with E-state index >= 15 is 0 Å². The van der Waals surface area contributed by atoms with Gasteiger partial charge in [0.15, 0.2) is 0 Å². The first kappa shape index (κ1) is 18.6. The first-order valence-corrected chi connectivity index (χ1v) is 9.11. The number of nitrogens with zero attached hydrogens (tertiary/aromatic N) is 2. The second-order valence-electron chi connectivity index (χ2n) is 6.75. The quantitative estimate of drug-likeness (QED) is 0.648. The number of imidazole rings is 1. The van der Waals surface area contributed by atoms with Crippen LogP contribution in [0.3, 0.4) is 0 Å². The number of hydrogen-bond acceptors (Lipinski definition) is 2. The van der Waals surface area contributed by atoms with E-state index in [1.54, 1.807) is 6.92 Å². The molecule has 0 unspecified atom stereocenters. The van der Waals surface area contributed by atoms with Crippen molar-refractivity contribution in [3.8, 4) is 0 Å². The summed E-state index contributed by atoms with van der Waals surface area (Å²) in [5.41, 5.74) is 4.95. The van der Waals surface area contributed by atoms with E-state index in [0.717, 1.165) is 30.2 Å². The molecule has 0 radical (unpaired) electrons. The van der Waals surface area contributed by atoms with Gasteiger partial charge in [-0.05, 0) is 25.0 Å². The van der Waals surface area contributed by atoms with Gasteiger partial charge < -0.3 is 9.88 Å². The Morgan fingerprint density at radius 3 is 2.22 bits per heavy atom. The number of nitrogens with one attached hydrogen (secondary N) is 1. The molecular weight excluding hydrogens is 334 g/mol. The molecule has 1 aromatic heterocycles. The van der Waals surface area contributed by atoms with Gasteiger partial charge in [0.1, 0.15) is 5.82 Å². The monoisotopic (exact) mass is 359 g/mol. The Kier molecular flexibility index (Phi) is 5.87. The minimum absolute atomic E-state index is 0.134. The second-order valence-corrected chi connectivity index (χ2v) is 6.75. The van der Waals surface area contributed by atoms with Crippen LogP contribution in [-0.4, -0.2) is 15.5 Å². The van der Waals surface area contributed by atoms with Gasteiger partial charge in [-0.3, -0.25) is 4.79 Å². The molecule has 0 aliphatic rings. The molecule has 3 rings (SSSR count). The van der Waals surface area contributed by atoms with Gasteiger partial charge in [-0.25, -0.2) is 4.98 Å². The summed E-state index contributed by atoms with van der Waals surface area (Å²) in [4.78, 5) is 16.8. The first-order valence-electron chi connectivity index (χ1n) is 9.11. The van der Waals surface area contributed by atoms with E-state index in [9.17, 15) is 4.79 Å². The van der Waals surface area contributed by atoms with Crippen molar-refractivity contribution >= 4 is 5.91 Å². The van der Waals surface area contributed by atoms with Crippen molar-refractivity contribution in [2.75, 3.05) is 0 Å². The zero-order valence-electron chi connectivity index (χ0n) is 15.9. The summed E-state index contributed by atoms with van der Waals surface area (Å²) < 4.78 is 2.19. The molecule has 0 bridgehead atoms. The molecule has 1 heterocycles. The molecule has 1 N–H and O–H groups in total. The van der Waals surface area contributed by atoms with Crippen LogP contribution in [0.5, 0.6) is 0 Å². The lowest BCUT2D eigenvalue weighted by Crippen LogP contribution is -2.25. The van der Waals surface area contributed by atoms with E-state index in [-0.39, 0.29) is 5.91 Å². The van der Waals surface area contributed by atoms with Crippen LogP contribution in [0.2, 0.25) is 0 Å². The van der Waals surface area contributed by atoms with Gasteiger partial charge in [-0.2, -0.15) is 0 Å². The first-order chi connectivity index (χ1) is 13.0. The Hall–Kier alpha value is -3.14. The van der Waals surface area contributed by atoms with Crippen LogP contribution in [0.15, 0.2) is 72.8 Å². The van der Waals surface area contributed by atoms with Crippen molar-refractivity contribution in [2.45, 2.75) is 33.4 Å². The van der Waals surface area contributed by atoms with Gasteiger partial charge in [-0.1, -0.05) is 67.2 Å². The Morgan fingerprint density at radius 1 is 1.04 bits per heavy atom. The summed E-state index contributed by atoms with van der Waals surface area (Å²) in [6.45, 7) is 8.61. The Balaban J connectivity index is 1.93. The zero-order chi connectivity index (χ0) is 19.2. The number of aromatic nitrogens is 2. The third-order valence-corrected chi connectivity index (χ3v) is 4.55. The number of carbonyl (C=O) groups is 1. The van der Waals surface area contributed by atoms with Crippen molar-refractivity contribution in [1.82, 2.24) is 14.9 Å². The fourth-order valence-corrected chi connectivity index (χ4v) is 3.09. The maximum absolute atomic E-state index is 12.0. The molecule has 2 aromatic carbocycles. The summed E-state index contributed by atoms with van der Waals surface area (Å²) in [5.74, 6) is 0.815. The van der Waals surface area contributed by atoms with Crippen LogP contribution in [0.25, 0.3) is 0 Å². The summed E-state index contributed by atoms with van der Waals surface area (Å²) in [7, 11) is 0. The Bertz CT molecular complexity index is 927. The van der Waals surface area contributed by atoms with Gasteiger partial charge >= 0.3 is 0 Å². The lowest BCUT2D eigenvalue weighted by Gasteiger charge is -2.13. The normalized spacial score (nSPS) is 10.6. The SMILES string of the molecule is C=C(C)C(=O)NCc1c(Cc2ccccc2)nc(C)n1Cc1ccccc1. The van der Waals surface area contributed by atoms with Gasteiger partial charge in [0, 0.05) is 18.5 Å². The average molecular weight is 359 g/mol. The van der Waals surface area contributed by atoms with Crippen LogP contribution < -0.4 is 5.32 Å². The highest BCUT2D eigenvalue weighted by Gasteiger charge is 2.16. The lowest BCUT2D eigenvalue weighted by molar-refractivity contribution is -0.117. The maximum Gasteiger partial charge on any atom is 0.246 e. The van der Waals surface area contributed by atoms with Crippen molar-refractivity contribution < 1.29 is 4.79 Å². The molecule has 0 fully saturated rings. The minimum Gasteiger partial charge on any atom is -0.347 e. The topological polar surface area (TPSA) is 46.9 Å². The molecule has 0 aliphatic heterocycles. The molecule has 0 aliphatic carbocycles. The van der Waals surface area contributed by atoms with Crippen molar-refractivity contribution in [2.24, 2.45) is 0 Å². The predicted molar refractivity (Wildman–Crippen MR) is 108 cm³/mol. The Morgan fingerprint density at radius 2 is 1.63 bits per heavy atom. The van der Waals surface area contributed by atoms with E-state index in [4.69, 9.17) is 4.98 Å². The third-order valence-electron chi connectivity index (χ3n) is 4.55. The number of benzene rings is 2. The van der Waals surface area contributed by atoms with Gasteiger partial charge in [-0.15, -0.1) is 0 Å². The van der Waals surface area contributed by atoms with Crippen LogP contribution in [0.1, 0.15) is 35.3 Å². The summed E-state index contributed by atoms with van der Waals surface area (Å²) in [6.07, 6.45) is 0.738. The van der Waals surface area contributed by atoms with Crippen LogP contribution in [0.4, 0.5) is 0 Å². The largest absolute Gasteiger partial charge is 0.347 e. The minimum atomic E-state index is -0.134. The average Bonchev–Trinajstić information content (AvgIpc) is 2.95. The smallest absolute Gasteiger partial charge is 0.246 e. The summed E-state index contributed by atoms with van der Waals surface area (Å²) in [6, 6.07) is 20.6. The molecular formula is C23H25N3O. The second kappa shape index (κ2) is 8.49. The van der Waals surface area contributed by atoms with E-state index < -0.39 is 0 Å². The molecule has 0 atom stereocenters. The van der Waals surface area contributed by atoms with Gasteiger partial charge in [0.25, 0.3) is 0 Å². The Labute approximate surface area is 160 Å². The lowest BCUT2D eigenvalue weighted by atomic mass is 10.1. The summed E-state index contributed by atoms with van der Waals surface area (Å²) >= 11 is 0. The van der Waals surface area contributed by atoms with Crippen LogP contribution in [-0.2, 0) is 24.3 Å². The molecule has 138 valence electrons. The number of rotatable bonds is 7. The molecule has 0 saturated heterocycles. The number of hydrogen-bond donors (Lipinski definition) is 1. The van der Waals surface area contributed by atoms with Crippen molar-refractivity contribution in [3.05, 3.63) is 101 Å². The molecule has 0 spiro atoms. The van der Waals surface area contributed by atoms with Crippen molar-refractivity contribution in [3.63, 3.8) is 0 Å². The highest BCUT2D eigenvalue weighted by molar-refractivity contribution is 5.91. The predicted octanol–water partition coefficient (Wildman–Crippen LogP) is 4.02. The standard InChI is InChI=1S/C23H25N3O/c1-17(2)23(27)24-15-22-21(14-19-10-6-4-7-11-19)25-18(3)26(22)16-20-12-8-5-9-13-20/h4-13H,1,14-16H2,2-3H3,(H,24,27). The van der Waals surface area contributed by atoms with E-state index in [0.29, 0.717) is 12.1 Å². The molecule has 4 nitrogen and oxygen atoms in total. The maximum atomic E-state index is 12.0. The number of carbonyl (C=O) groups excluding carboxylic acids is 1. The highest BCUT2D eigenvalue weighted by Crippen LogP contribution is 2.18. The van der Waals surface area contributed by atoms with E-state index in [1.807, 2.05) is 43.3 Å².